The molecule has 29 heavy (non-hydrogen) atoms. The van der Waals surface area contributed by atoms with E-state index in [1.54, 1.807) is 12.1 Å². The van der Waals surface area contributed by atoms with Gasteiger partial charge in [-0.3, -0.25) is 25.2 Å². The molecular formula is C20H21FN2O6. The lowest BCUT2D eigenvalue weighted by Crippen LogP contribution is -2.46. The number of hydrazine groups is 1. The van der Waals surface area contributed by atoms with Gasteiger partial charge in [-0.2, -0.15) is 0 Å². The molecule has 2 aromatic rings. The van der Waals surface area contributed by atoms with Crippen LogP contribution in [0.25, 0.3) is 6.08 Å². The Bertz CT molecular complexity index is 875. The van der Waals surface area contributed by atoms with E-state index in [4.69, 9.17) is 9.15 Å². The second-order valence-corrected chi connectivity index (χ2v) is 5.91. The van der Waals surface area contributed by atoms with E-state index >= 15 is 0 Å². The summed E-state index contributed by atoms with van der Waals surface area (Å²) in [4.78, 5) is 34.9. The highest BCUT2D eigenvalue weighted by Crippen LogP contribution is 2.13. The zero-order valence-corrected chi connectivity index (χ0v) is 15.9. The fourth-order valence-corrected chi connectivity index (χ4v) is 2.14. The summed E-state index contributed by atoms with van der Waals surface area (Å²) in [6, 6.07) is 8.54. The van der Waals surface area contributed by atoms with Crippen molar-refractivity contribution in [2.75, 3.05) is 7.11 Å². The van der Waals surface area contributed by atoms with Gasteiger partial charge in [-0.1, -0.05) is 0 Å². The Morgan fingerprint density at radius 1 is 1.14 bits per heavy atom. The first kappa shape index (κ1) is 21.7. The summed E-state index contributed by atoms with van der Waals surface area (Å²) in [5.41, 5.74) is 4.44. The average molecular weight is 404 g/mol. The molecule has 0 aliphatic rings. The molecule has 2 amide bonds. The number of rotatable bonds is 8. The molecule has 0 saturated heterocycles. The second-order valence-electron chi connectivity index (χ2n) is 5.91. The number of carbonyl (C=O) groups excluding carboxylic acids is 3. The van der Waals surface area contributed by atoms with Crippen LogP contribution < -0.4 is 15.6 Å². The van der Waals surface area contributed by atoms with Gasteiger partial charge in [-0.25, -0.2) is 4.39 Å². The normalized spacial score (nSPS) is 11.7. The van der Waals surface area contributed by atoms with E-state index in [1.165, 1.54) is 50.5 Å². The summed E-state index contributed by atoms with van der Waals surface area (Å²) in [6.07, 6.45) is 2.26. The highest BCUT2D eigenvalue weighted by atomic mass is 19.1. The van der Waals surface area contributed by atoms with Crippen LogP contribution in [0, 0.1) is 5.82 Å². The number of amides is 2. The smallest absolute Gasteiger partial charge is 0.305 e. The summed E-state index contributed by atoms with van der Waals surface area (Å²) in [5.74, 6) is -0.609. The van der Waals surface area contributed by atoms with Crippen LogP contribution in [-0.2, 0) is 25.5 Å². The number of nitrogens with one attached hydrogen (secondary N) is 2. The lowest BCUT2D eigenvalue weighted by atomic mass is 10.2. The number of hydrogen-bond donors (Lipinski definition) is 2. The van der Waals surface area contributed by atoms with Gasteiger partial charge in [0.25, 0.3) is 11.8 Å². The molecule has 2 N–H and O–H groups in total. The Morgan fingerprint density at radius 2 is 1.86 bits per heavy atom. The molecule has 0 fully saturated rings. The second kappa shape index (κ2) is 10.6. The van der Waals surface area contributed by atoms with Crippen molar-refractivity contribution in [2.24, 2.45) is 0 Å². The molecule has 0 aliphatic carbocycles. The van der Waals surface area contributed by atoms with Crippen molar-refractivity contribution >= 4 is 23.9 Å². The van der Waals surface area contributed by atoms with Gasteiger partial charge in [-0.05, 0) is 49.4 Å². The van der Waals surface area contributed by atoms with E-state index < -0.39 is 23.7 Å². The highest BCUT2D eigenvalue weighted by Gasteiger charge is 2.15. The van der Waals surface area contributed by atoms with Crippen LogP contribution in [0.2, 0.25) is 0 Å². The molecule has 0 radical (unpaired) electrons. The third-order valence-corrected chi connectivity index (χ3v) is 3.69. The predicted molar refractivity (Wildman–Crippen MR) is 101 cm³/mol. The van der Waals surface area contributed by atoms with Gasteiger partial charge >= 0.3 is 5.97 Å². The molecule has 1 atom stereocenters. The van der Waals surface area contributed by atoms with Crippen LogP contribution in [0.15, 0.2) is 46.9 Å². The topological polar surface area (TPSA) is 107 Å². The number of carbonyl (C=O) groups is 3. The molecule has 0 aliphatic heterocycles. The third-order valence-electron chi connectivity index (χ3n) is 3.69. The van der Waals surface area contributed by atoms with Gasteiger partial charge < -0.3 is 13.9 Å². The van der Waals surface area contributed by atoms with E-state index in [9.17, 15) is 18.8 Å². The molecule has 1 heterocycles. The first-order valence-corrected chi connectivity index (χ1v) is 8.73. The van der Waals surface area contributed by atoms with Crippen molar-refractivity contribution in [1.29, 1.82) is 0 Å². The third kappa shape index (κ3) is 7.49. The fourth-order valence-electron chi connectivity index (χ4n) is 2.14. The van der Waals surface area contributed by atoms with Gasteiger partial charge in [0, 0.05) is 12.5 Å². The molecule has 154 valence electrons. The van der Waals surface area contributed by atoms with Crippen molar-refractivity contribution in [3.05, 3.63) is 59.8 Å². The summed E-state index contributed by atoms with van der Waals surface area (Å²) < 4.78 is 28.2. The lowest BCUT2D eigenvalue weighted by molar-refractivity contribution is -0.140. The van der Waals surface area contributed by atoms with Gasteiger partial charge in [0.15, 0.2) is 6.10 Å². The Hall–Kier alpha value is -3.62. The zero-order chi connectivity index (χ0) is 21.2. The van der Waals surface area contributed by atoms with E-state index in [2.05, 4.69) is 15.6 Å². The highest BCUT2D eigenvalue weighted by molar-refractivity contribution is 5.93. The monoisotopic (exact) mass is 404 g/mol. The van der Waals surface area contributed by atoms with E-state index in [-0.39, 0.29) is 12.4 Å². The molecule has 8 nitrogen and oxygen atoms in total. The molecule has 0 unspecified atom stereocenters. The molecule has 0 saturated carbocycles. The van der Waals surface area contributed by atoms with Gasteiger partial charge in [-0.15, -0.1) is 0 Å². The molecular weight excluding hydrogens is 383 g/mol. The Balaban J connectivity index is 1.75. The van der Waals surface area contributed by atoms with Crippen LogP contribution in [0.4, 0.5) is 4.39 Å². The van der Waals surface area contributed by atoms with Crippen LogP contribution in [0.3, 0.4) is 0 Å². The van der Waals surface area contributed by atoms with Crippen molar-refractivity contribution in [3.63, 3.8) is 0 Å². The molecule has 1 aromatic heterocycles. The van der Waals surface area contributed by atoms with E-state index in [1.807, 2.05) is 0 Å². The SMILES string of the molecule is COC(=O)CCc1ccc(/C=C/C(=O)NNC(=O)[C@@H](C)Oc2ccc(F)cc2)o1. The summed E-state index contributed by atoms with van der Waals surface area (Å²) in [7, 11) is 1.31. The molecule has 0 spiro atoms. The molecule has 1 aromatic carbocycles. The van der Waals surface area contributed by atoms with Crippen molar-refractivity contribution in [3.8, 4) is 5.75 Å². The minimum atomic E-state index is -0.910. The number of furan rings is 1. The predicted octanol–water partition coefficient (Wildman–Crippen LogP) is 2.15. The Kier molecular flexibility index (Phi) is 7.96. The van der Waals surface area contributed by atoms with Gasteiger partial charge in [0.2, 0.25) is 0 Å². The lowest BCUT2D eigenvalue weighted by Gasteiger charge is -2.14. The largest absolute Gasteiger partial charge is 0.481 e. The molecule has 2 rings (SSSR count). The maximum atomic E-state index is 12.9. The minimum Gasteiger partial charge on any atom is -0.481 e. The van der Waals surface area contributed by atoms with E-state index in [0.29, 0.717) is 23.7 Å². The van der Waals surface area contributed by atoms with Gasteiger partial charge in [0.05, 0.1) is 13.5 Å². The molecule has 9 heteroatoms. The van der Waals surface area contributed by atoms with Crippen molar-refractivity contribution in [1.82, 2.24) is 10.9 Å². The number of halogens is 1. The minimum absolute atomic E-state index is 0.192. The first-order valence-electron chi connectivity index (χ1n) is 8.73. The Morgan fingerprint density at radius 3 is 2.55 bits per heavy atom. The number of hydrogen-bond acceptors (Lipinski definition) is 6. The first-order chi connectivity index (χ1) is 13.9. The number of ether oxygens (including phenoxy) is 2. The van der Waals surface area contributed by atoms with Crippen LogP contribution >= 0.6 is 0 Å². The van der Waals surface area contributed by atoms with Gasteiger partial charge in [0.1, 0.15) is 23.1 Å². The number of aryl methyl sites for hydroxylation is 1. The summed E-state index contributed by atoms with van der Waals surface area (Å²) >= 11 is 0. The maximum Gasteiger partial charge on any atom is 0.305 e. The number of methoxy groups -OCH3 is 1. The zero-order valence-electron chi connectivity index (χ0n) is 15.9. The van der Waals surface area contributed by atoms with Crippen LogP contribution in [-0.4, -0.2) is 31.0 Å². The maximum absolute atomic E-state index is 12.9. The van der Waals surface area contributed by atoms with Crippen molar-refractivity contribution in [2.45, 2.75) is 25.9 Å². The van der Waals surface area contributed by atoms with Crippen molar-refractivity contribution < 1.29 is 32.7 Å². The average Bonchev–Trinajstić information content (AvgIpc) is 3.18. The van der Waals surface area contributed by atoms with Crippen LogP contribution in [0.1, 0.15) is 24.9 Å². The summed E-state index contributed by atoms with van der Waals surface area (Å²) in [5, 5.41) is 0. The van der Waals surface area contributed by atoms with E-state index in [0.717, 1.165) is 0 Å². The number of benzene rings is 1. The summed E-state index contributed by atoms with van der Waals surface area (Å²) in [6.45, 7) is 1.49. The Labute approximate surface area is 166 Å². The standard InChI is InChI=1S/C20H21FN2O6/c1-13(28-15-5-3-14(21)4-6-15)20(26)23-22-18(24)11-9-16-7-8-17(29-16)10-12-19(25)27-2/h3-9,11,13H,10,12H2,1-2H3,(H,22,24)(H,23,26)/b11-9+/t13-/m1/s1. The molecule has 0 bridgehead atoms. The number of esters is 1. The quantitative estimate of drug-likeness (QED) is 0.397. The fraction of sp³-hybridized carbons (Fsp3) is 0.250. The van der Waals surface area contributed by atoms with Crippen LogP contribution in [0.5, 0.6) is 5.75 Å².